The summed E-state index contributed by atoms with van der Waals surface area (Å²) < 4.78 is 0. The Hall–Kier alpha value is -3.15. The summed E-state index contributed by atoms with van der Waals surface area (Å²) in [6.07, 6.45) is 8.04. The molecule has 3 heterocycles. The first kappa shape index (κ1) is 12.9. The molecule has 0 unspecified atom stereocenters. The lowest BCUT2D eigenvalue weighted by atomic mass is 10.0. The van der Waals surface area contributed by atoms with Gasteiger partial charge in [-0.2, -0.15) is 0 Å². The van der Waals surface area contributed by atoms with Crippen molar-refractivity contribution in [1.29, 1.82) is 0 Å². The van der Waals surface area contributed by atoms with Crippen LogP contribution in [-0.2, 0) is 0 Å². The molecule has 0 saturated heterocycles. The molecule has 3 aromatic rings. The number of aromatic nitrogens is 3. The molecule has 3 rings (SSSR count). The highest BCUT2D eigenvalue weighted by molar-refractivity contribution is 5.76. The number of rotatable bonds is 3. The first-order valence-corrected chi connectivity index (χ1v) is 6.21. The monoisotopic (exact) mass is 278 g/mol. The molecule has 0 aliphatic carbocycles. The predicted octanol–water partition coefficient (Wildman–Crippen LogP) is 3.11. The molecule has 6 heteroatoms. The van der Waals surface area contributed by atoms with Gasteiger partial charge in [0.05, 0.1) is 5.56 Å². The minimum absolute atomic E-state index is 0.185. The highest BCUT2D eigenvalue weighted by Gasteiger charge is 2.18. The van der Waals surface area contributed by atoms with E-state index in [9.17, 15) is 10.1 Å². The van der Waals surface area contributed by atoms with E-state index in [1.54, 1.807) is 49.1 Å². The first-order chi connectivity index (χ1) is 10.3. The van der Waals surface area contributed by atoms with E-state index in [2.05, 4.69) is 15.0 Å². The lowest BCUT2D eigenvalue weighted by molar-refractivity contribution is -0.388. The van der Waals surface area contributed by atoms with Crippen molar-refractivity contribution < 1.29 is 4.92 Å². The standard InChI is InChI=1S/C15H10N4O2/c20-19(21)15-14(12-4-2-6-17-9-12)7-13(10-18-15)11-3-1-5-16-8-11/h1-10H. The summed E-state index contributed by atoms with van der Waals surface area (Å²) in [7, 11) is 0. The molecule has 3 aromatic heterocycles. The second kappa shape index (κ2) is 5.46. The van der Waals surface area contributed by atoms with Crippen LogP contribution in [0.3, 0.4) is 0 Å². The van der Waals surface area contributed by atoms with Crippen molar-refractivity contribution in [2.24, 2.45) is 0 Å². The lowest BCUT2D eigenvalue weighted by Gasteiger charge is -2.05. The minimum atomic E-state index is -0.491. The zero-order valence-corrected chi connectivity index (χ0v) is 10.9. The summed E-state index contributed by atoms with van der Waals surface area (Å²) in [6.45, 7) is 0. The van der Waals surface area contributed by atoms with Crippen LogP contribution < -0.4 is 0 Å². The molecule has 0 bridgehead atoms. The maximum atomic E-state index is 11.2. The fraction of sp³-hybridized carbons (Fsp3) is 0. The van der Waals surface area contributed by atoms with Gasteiger partial charge >= 0.3 is 5.82 Å². The van der Waals surface area contributed by atoms with Gasteiger partial charge in [-0.05, 0) is 28.1 Å². The third-order valence-electron chi connectivity index (χ3n) is 3.01. The van der Waals surface area contributed by atoms with Crippen LogP contribution in [0.15, 0.2) is 61.3 Å². The van der Waals surface area contributed by atoms with E-state index in [0.29, 0.717) is 11.1 Å². The maximum Gasteiger partial charge on any atom is 0.371 e. The Morgan fingerprint density at radius 1 is 0.905 bits per heavy atom. The Morgan fingerprint density at radius 3 is 2.14 bits per heavy atom. The van der Waals surface area contributed by atoms with E-state index >= 15 is 0 Å². The molecule has 0 spiro atoms. The smallest absolute Gasteiger partial charge is 0.358 e. The number of hydrogen-bond donors (Lipinski definition) is 0. The molecular formula is C15H10N4O2. The molecule has 0 aliphatic heterocycles. The van der Waals surface area contributed by atoms with E-state index in [-0.39, 0.29) is 5.82 Å². The van der Waals surface area contributed by atoms with Crippen LogP contribution in [0.1, 0.15) is 0 Å². The van der Waals surface area contributed by atoms with Crippen LogP contribution in [-0.4, -0.2) is 19.9 Å². The number of nitrogens with zero attached hydrogens (tertiary/aromatic N) is 4. The lowest BCUT2D eigenvalue weighted by Crippen LogP contribution is -1.96. The quantitative estimate of drug-likeness (QED) is 0.543. The van der Waals surface area contributed by atoms with Gasteiger partial charge in [0, 0.05) is 41.5 Å². The fourth-order valence-corrected chi connectivity index (χ4v) is 2.03. The van der Waals surface area contributed by atoms with Crippen LogP contribution in [0, 0.1) is 10.1 Å². The Bertz CT molecular complexity index is 776. The summed E-state index contributed by atoms with van der Waals surface area (Å²) in [4.78, 5) is 22.7. The Balaban J connectivity index is 2.18. The summed E-state index contributed by atoms with van der Waals surface area (Å²) in [5.74, 6) is -0.185. The molecule has 21 heavy (non-hydrogen) atoms. The van der Waals surface area contributed by atoms with Crippen LogP contribution >= 0.6 is 0 Å². The zero-order valence-electron chi connectivity index (χ0n) is 10.9. The van der Waals surface area contributed by atoms with Gasteiger partial charge in [0.15, 0.2) is 0 Å². The average molecular weight is 278 g/mol. The SMILES string of the molecule is O=[N+]([O-])c1ncc(-c2cccnc2)cc1-c1cccnc1. The summed E-state index contributed by atoms with van der Waals surface area (Å²) >= 11 is 0. The third-order valence-corrected chi connectivity index (χ3v) is 3.01. The van der Waals surface area contributed by atoms with Crippen molar-refractivity contribution in [2.45, 2.75) is 0 Å². The molecule has 102 valence electrons. The second-order valence-corrected chi connectivity index (χ2v) is 4.34. The van der Waals surface area contributed by atoms with Crippen molar-refractivity contribution in [2.75, 3.05) is 0 Å². The van der Waals surface area contributed by atoms with Crippen molar-refractivity contribution in [3.05, 3.63) is 71.4 Å². The van der Waals surface area contributed by atoms with Crippen LogP contribution in [0.25, 0.3) is 22.3 Å². The van der Waals surface area contributed by atoms with E-state index < -0.39 is 4.92 Å². The predicted molar refractivity (Wildman–Crippen MR) is 77.4 cm³/mol. The van der Waals surface area contributed by atoms with E-state index in [0.717, 1.165) is 11.1 Å². The van der Waals surface area contributed by atoms with E-state index in [1.807, 2.05) is 6.07 Å². The van der Waals surface area contributed by atoms with Gasteiger partial charge in [0.2, 0.25) is 0 Å². The van der Waals surface area contributed by atoms with Crippen molar-refractivity contribution in [3.63, 3.8) is 0 Å². The van der Waals surface area contributed by atoms with Gasteiger partial charge < -0.3 is 10.1 Å². The van der Waals surface area contributed by atoms with Gasteiger partial charge in [-0.15, -0.1) is 0 Å². The highest BCUT2D eigenvalue weighted by atomic mass is 16.6. The normalized spacial score (nSPS) is 10.3. The molecule has 0 N–H and O–H groups in total. The first-order valence-electron chi connectivity index (χ1n) is 6.21. The highest BCUT2D eigenvalue weighted by Crippen LogP contribution is 2.31. The molecule has 6 nitrogen and oxygen atoms in total. The van der Waals surface area contributed by atoms with Crippen LogP contribution in [0.2, 0.25) is 0 Å². The maximum absolute atomic E-state index is 11.2. The second-order valence-electron chi connectivity index (χ2n) is 4.34. The minimum Gasteiger partial charge on any atom is -0.358 e. The Morgan fingerprint density at radius 2 is 1.57 bits per heavy atom. The summed E-state index contributed by atoms with van der Waals surface area (Å²) in [5.41, 5.74) is 2.72. The van der Waals surface area contributed by atoms with Gasteiger partial charge in [0.25, 0.3) is 0 Å². The van der Waals surface area contributed by atoms with Crippen LogP contribution in [0.4, 0.5) is 5.82 Å². The summed E-state index contributed by atoms with van der Waals surface area (Å²) in [6, 6.07) is 8.92. The number of nitro groups is 1. The van der Waals surface area contributed by atoms with Gasteiger partial charge in [-0.3, -0.25) is 9.97 Å². The molecular weight excluding hydrogens is 268 g/mol. The molecule has 0 saturated carbocycles. The van der Waals surface area contributed by atoms with Crippen molar-refractivity contribution in [3.8, 4) is 22.3 Å². The molecule has 0 amide bonds. The molecule has 0 atom stereocenters. The number of hydrogen-bond acceptors (Lipinski definition) is 5. The number of pyridine rings is 3. The fourth-order valence-electron chi connectivity index (χ4n) is 2.03. The molecule has 0 aromatic carbocycles. The van der Waals surface area contributed by atoms with Crippen LogP contribution in [0.5, 0.6) is 0 Å². The summed E-state index contributed by atoms with van der Waals surface area (Å²) in [5, 5.41) is 11.2. The molecule has 0 radical (unpaired) electrons. The largest absolute Gasteiger partial charge is 0.371 e. The van der Waals surface area contributed by atoms with Gasteiger partial charge in [-0.25, -0.2) is 0 Å². The molecule has 0 fully saturated rings. The average Bonchev–Trinajstić information content (AvgIpc) is 2.56. The van der Waals surface area contributed by atoms with E-state index in [1.165, 1.54) is 6.20 Å². The molecule has 0 aliphatic rings. The van der Waals surface area contributed by atoms with Crippen molar-refractivity contribution in [1.82, 2.24) is 15.0 Å². The Kier molecular flexibility index (Phi) is 3.34. The third kappa shape index (κ3) is 2.59. The van der Waals surface area contributed by atoms with Gasteiger partial charge in [0.1, 0.15) is 6.20 Å². The van der Waals surface area contributed by atoms with E-state index in [4.69, 9.17) is 0 Å². The topological polar surface area (TPSA) is 81.8 Å². The van der Waals surface area contributed by atoms with Gasteiger partial charge in [-0.1, -0.05) is 12.1 Å². The van der Waals surface area contributed by atoms with Crippen molar-refractivity contribution >= 4 is 5.82 Å². The Labute approximate surface area is 120 Å². The zero-order chi connectivity index (χ0) is 14.7.